The molecule has 0 bridgehead atoms. The van der Waals surface area contributed by atoms with Crippen molar-refractivity contribution in [1.29, 1.82) is 0 Å². The molecular weight excluding hydrogens is 324 g/mol. The van der Waals surface area contributed by atoms with E-state index < -0.39 is 0 Å². The van der Waals surface area contributed by atoms with Crippen LogP contribution in [0.15, 0.2) is 46.0 Å². The van der Waals surface area contributed by atoms with E-state index in [1.54, 1.807) is 24.2 Å². The summed E-state index contributed by atoms with van der Waals surface area (Å²) in [5.41, 5.74) is 7.87. The summed E-state index contributed by atoms with van der Waals surface area (Å²) in [4.78, 5) is 5.06. The van der Waals surface area contributed by atoms with E-state index in [4.69, 9.17) is 10.5 Å². The minimum atomic E-state index is 0.210. The number of rotatable bonds is 3. The van der Waals surface area contributed by atoms with E-state index in [0.717, 1.165) is 33.0 Å². The molecule has 1 atom stereocenters. The van der Waals surface area contributed by atoms with Gasteiger partial charge in [-0.15, -0.1) is 11.8 Å². The summed E-state index contributed by atoms with van der Waals surface area (Å²) < 4.78 is 7.02. The Morgan fingerprint density at radius 1 is 1.42 bits per heavy atom. The molecule has 1 aromatic heterocycles. The van der Waals surface area contributed by atoms with Crippen molar-refractivity contribution in [3.63, 3.8) is 0 Å². The van der Waals surface area contributed by atoms with Crippen LogP contribution in [0.25, 0.3) is 0 Å². The first-order valence-electron chi connectivity index (χ1n) is 6.00. The summed E-state index contributed by atoms with van der Waals surface area (Å²) >= 11 is 5.20. The topological polar surface area (TPSA) is 48.1 Å². The zero-order valence-corrected chi connectivity index (χ0v) is 12.6. The van der Waals surface area contributed by atoms with Crippen molar-refractivity contribution in [2.45, 2.75) is 17.4 Å². The van der Waals surface area contributed by atoms with Crippen molar-refractivity contribution in [3.05, 3.63) is 46.7 Å². The van der Waals surface area contributed by atoms with Gasteiger partial charge in [0.05, 0.1) is 11.9 Å². The highest BCUT2D eigenvalue weighted by Crippen LogP contribution is 2.34. The molecule has 2 aromatic rings. The fourth-order valence-electron chi connectivity index (χ4n) is 2.09. The number of halogens is 1. The number of benzene rings is 1. The number of aromatic nitrogens is 1. The third-order valence-electron chi connectivity index (χ3n) is 3.00. The molecule has 0 aliphatic carbocycles. The minimum Gasteiger partial charge on any atom is -0.489 e. The molecule has 98 valence electrons. The van der Waals surface area contributed by atoms with E-state index in [-0.39, 0.29) is 6.10 Å². The predicted octanol–water partition coefficient (Wildman–Crippen LogP) is 3.52. The highest BCUT2D eigenvalue weighted by molar-refractivity contribution is 9.10. The summed E-state index contributed by atoms with van der Waals surface area (Å²) in [6.45, 7) is 0. The van der Waals surface area contributed by atoms with Gasteiger partial charge >= 0.3 is 0 Å². The number of thioether (sulfide) groups is 1. The molecule has 0 saturated carbocycles. The van der Waals surface area contributed by atoms with Gasteiger partial charge in [0.25, 0.3) is 0 Å². The molecule has 0 fully saturated rings. The van der Waals surface area contributed by atoms with Gasteiger partial charge in [-0.05, 0) is 29.8 Å². The van der Waals surface area contributed by atoms with E-state index in [9.17, 15) is 0 Å². The summed E-state index contributed by atoms with van der Waals surface area (Å²) in [7, 11) is 0. The van der Waals surface area contributed by atoms with Crippen LogP contribution >= 0.6 is 27.7 Å². The van der Waals surface area contributed by atoms with E-state index in [1.807, 2.05) is 18.2 Å². The van der Waals surface area contributed by atoms with Crippen LogP contribution < -0.4 is 10.5 Å². The second-order valence-electron chi connectivity index (χ2n) is 4.42. The molecule has 0 saturated heterocycles. The molecule has 1 aliphatic heterocycles. The van der Waals surface area contributed by atoms with Crippen LogP contribution in [0.1, 0.15) is 5.56 Å². The largest absolute Gasteiger partial charge is 0.489 e. The molecule has 0 amide bonds. The lowest BCUT2D eigenvalue weighted by molar-refractivity contribution is 0.259. The molecule has 3 nitrogen and oxygen atoms in total. The lowest BCUT2D eigenvalue weighted by Gasteiger charge is -2.10. The SMILES string of the molecule is Nc1cnccc1SCC1Cc2cc(Br)ccc2O1. The molecule has 0 spiro atoms. The molecule has 2 N–H and O–H groups in total. The Morgan fingerprint density at radius 2 is 2.32 bits per heavy atom. The van der Waals surface area contributed by atoms with Gasteiger partial charge in [0, 0.05) is 27.7 Å². The highest BCUT2D eigenvalue weighted by atomic mass is 79.9. The van der Waals surface area contributed by atoms with Crippen LogP contribution in [0.2, 0.25) is 0 Å². The lowest BCUT2D eigenvalue weighted by atomic mass is 10.1. The predicted molar refractivity (Wildman–Crippen MR) is 81.6 cm³/mol. The Kier molecular flexibility index (Phi) is 3.66. The maximum absolute atomic E-state index is 5.93. The Bertz CT molecular complexity index is 606. The van der Waals surface area contributed by atoms with Gasteiger partial charge in [-0.3, -0.25) is 4.98 Å². The number of fused-ring (bicyclic) bond motifs is 1. The fraction of sp³-hybridized carbons (Fsp3) is 0.214. The van der Waals surface area contributed by atoms with Gasteiger partial charge in [-0.2, -0.15) is 0 Å². The Balaban J connectivity index is 1.63. The Hall–Kier alpha value is -1.20. The normalized spacial score (nSPS) is 17.0. The number of anilines is 1. The van der Waals surface area contributed by atoms with E-state index in [1.165, 1.54) is 5.56 Å². The van der Waals surface area contributed by atoms with Crippen molar-refractivity contribution < 1.29 is 4.74 Å². The molecule has 1 unspecified atom stereocenters. The van der Waals surface area contributed by atoms with Gasteiger partial charge in [0.15, 0.2) is 0 Å². The molecule has 0 radical (unpaired) electrons. The third-order valence-corrected chi connectivity index (χ3v) is 4.71. The van der Waals surface area contributed by atoms with Gasteiger partial charge in [0.2, 0.25) is 0 Å². The van der Waals surface area contributed by atoms with E-state index >= 15 is 0 Å². The van der Waals surface area contributed by atoms with E-state index in [2.05, 4.69) is 27.0 Å². The van der Waals surface area contributed by atoms with Gasteiger partial charge in [-0.25, -0.2) is 0 Å². The maximum Gasteiger partial charge on any atom is 0.123 e. The minimum absolute atomic E-state index is 0.210. The first-order chi connectivity index (χ1) is 9.22. The number of nitrogens with two attached hydrogens (primary N) is 1. The number of ether oxygens (including phenoxy) is 1. The Morgan fingerprint density at radius 3 is 3.16 bits per heavy atom. The van der Waals surface area contributed by atoms with Crippen LogP contribution in [0.4, 0.5) is 5.69 Å². The average Bonchev–Trinajstić information content (AvgIpc) is 2.79. The third kappa shape index (κ3) is 2.87. The molecule has 1 aliphatic rings. The zero-order valence-electron chi connectivity index (χ0n) is 10.2. The number of hydrogen-bond donors (Lipinski definition) is 1. The molecule has 3 rings (SSSR count). The Labute approximate surface area is 124 Å². The smallest absolute Gasteiger partial charge is 0.123 e. The van der Waals surface area contributed by atoms with Crippen LogP contribution in [-0.2, 0) is 6.42 Å². The number of pyridine rings is 1. The number of nitrogen functional groups attached to an aromatic ring is 1. The van der Waals surface area contributed by atoms with E-state index in [0.29, 0.717) is 0 Å². The molecule has 1 aromatic carbocycles. The number of hydrogen-bond acceptors (Lipinski definition) is 4. The molecular formula is C14H13BrN2OS. The van der Waals surface area contributed by atoms with Crippen LogP contribution in [0, 0.1) is 0 Å². The monoisotopic (exact) mass is 336 g/mol. The first kappa shape index (κ1) is 12.8. The average molecular weight is 337 g/mol. The van der Waals surface area contributed by atoms with Crippen LogP contribution in [0.5, 0.6) is 5.75 Å². The fourth-order valence-corrected chi connectivity index (χ4v) is 3.43. The summed E-state index contributed by atoms with van der Waals surface area (Å²) in [5, 5.41) is 0. The van der Waals surface area contributed by atoms with Crippen molar-refractivity contribution in [2.75, 3.05) is 11.5 Å². The maximum atomic E-state index is 5.93. The van der Waals surface area contributed by atoms with Crippen molar-refractivity contribution >= 4 is 33.4 Å². The van der Waals surface area contributed by atoms with Gasteiger partial charge in [0.1, 0.15) is 11.9 Å². The second kappa shape index (κ2) is 5.43. The highest BCUT2D eigenvalue weighted by Gasteiger charge is 2.23. The lowest BCUT2D eigenvalue weighted by Crippen LogP contribution is -2.15. The van der Waals surface area contributed by atoms with Gasteiger partial charge in [-0.1, -0.05) is 15.9 Å². The standard InChI is InChI=1S/C14H13BrN2OS/c15-10-1-2-13-9(5-10)6-11(18-13)8-19-14-3-4-17-7-12(14)16/h1-5,7,11H,6,8,16H2. The van der Waals surface area contributed by atoms with Crippen LogP contribution in [0.3, 0.4) is 0 Å². The zero-order chi connectivity index (χ0) is 13.2. The van der Waals surface area contributed by atoms with Crippen molar-refractivity contribution in [2.24, 2.45) is 0 Å². The van der Waals surface area contributed by atoms with Crippen molar-refractivity contribution in [1.82, 2.24) is 4.98 Å². The molecule has 19 heavy (non-hydrogen) atoms. The first-order valence-corrected chi connectivity index (χ1v) is 7.77. The second-order valence-corrected chi connectivity index (χ2v) is 6.40. The molecule has 2 heterocycles. The summed E-state index contributed by atoms with van der Waals surface area (Å²) in [5.74, 6) is 1.89. The van der Waals surface area contributed by atoms with Crippen molar-refractivity contribution in [3.8, 4) is 5.75 Å². The number of nitrogens with zero attached hydrogens (tertiary/aromatic N) is 1. The van der Waals surface area contributed by atoms with Crippen LogP contribution in [-0.4, -0.2) is 16.8 Å². The quantitative estimate of drug-likeness (QED) is 0.871. The summed E-state index contributed by atoms with van der Waals surface area (Å²) in [6.07, 6.45) is 4.61. The molecule has 5 heteroatoms. The van der Waals surface area contributed by atoms with Gasteiger partial charge < -0.3 is 10.5 Å². The summed E-state index contributed by atoms with van der Waals surface area (Å²) in [6, 6.07) is 8.10.